The number of carbonyl (C=O) groups excluding carboxylic acids is 2. The SMILES string of the molecule is CC(=O)C(CC(C)C)(NC(=O)c1cccc(OCc2ccccc2)c1)n1c(-c2ccc(F)cc2)noc1=O. The van der Waals surface area contributed by atoms with Gasteiger partial charge in [0, 0.05) is 11.1 Å². The predicted octanol–water partition coefficient (Wildman–Crippen LogP) is 4.94. The zero-order chi connectivity index (χ0) is 27.3. The first kappa shape index (κ1) is 26.5. The van der Waals surface area contributed by atoms with Crippen molar-refractivity contribution in [3.63, 3.8) is 0 Å². The molecule has 38 heavy (non-hydrogen) atoms. The molecule has 0 saturated heterocycles. The number of benzene rings is 3. The Bertz CT molecular complexity index is 1480. The third kappa shape index (κ3) is 5.72. The second-order valence-corrected chi connectivity index (χ2v) is 9.39. The van der Waals surface area contributed by atoms with Crippen molar-refractivity contribution in [3.8, 4) is 17.1 Å². The number of hydrogen-bond donors (Lipinski definition) is 1. The maximum absolute atomic E-state index is 13.6. The van der Waals surface area contributed by atoms with Crippen LogP contribution in [0.3, 0.4) is 0 Å². The average molecular weight is 518 g/mol. The van der Waals surface area contributed by atoms with Crippen molar-refractivity contribution in [3.05, 3.63) is 106 Å². The van der Waals surface area contributed by atoms with Gasteiger partial charge in [0.1, 0.15) is 18.2 Å². The highest BCUT2D eigenvalue weighted by atomic mass is 19.1. The molecule has 0 bridgehead atoms. The van der Waals surface area contributed by atoms with Crippen LogP contribution in [0.15, 0.2) is 88.2 Å². The van der Waals surface area contributed by atoms with Gasteiger partial charge in [-0.15, -0.1) is 0 Å². The fourth-order valence-electron chi connectivity index (χ4n) is 4.27. The second kappa shape index (κ2) is 11.2. The van der Waals surface area contributed by atoms with Crippen LogP contribution in [-0.2, 0) is 17.1 Å². The molecule has 1 N–H and O–H groups in total. The van der Waals surface area contributed by atoms with Gasteiger partial charge in [-0.25, -0.2) is 13.8 Å². The van der Waals surface area contributed by atoms with E-state index in [0.29, 0.717) is 17.9 Å². The highest BCUT2D eigenvalue weighted by Gasteiger charge is 2.44. The Morgan fingerprint density at radius 2 is 1.76 bits per heavy atom. The second-order valence-electron chi connectivity index (χ2n) is 9.39. The Morgan fingerprint density at radius 3 is 2.42 bits per heavy atom. The minimum atomic E-state index is -1.81. The molecule has 0 spiro atoms. The Morgan fingerprint density at radius 1 is 1.05 bits per heavy atom. The summed E-state index contributed by atoms with van der Waals surface area (Å²) >= 11 is 0. The van der Waals surface area contributed by atoms with E-state index in [1.807, 2.05) is 44.2 Å². The van der Waals surface area contributed by atoms with Gasteiger partial charge in [0.25, 0.3) is 5.91 Å². The summed E-state index contributed by atoms with van der Waals surface area (Å²) in [5, 5.41) is 6.64. The summed E-state index contributed by atoms with van der Waals surface area (Å²) in [7, 11) is 0. The van der Waals surface area contributed by atoms with Crippen molar-refractivity contribution >= 4 is 11.7 Å². The van der Waals surface area contributed by atoms with Crippen LogP contribution in [0.4, 0.5) is 4.39 Å². The van der Waals surface area contributed by atoms with Crippen LogP contribution in [-0.4, -0.2) is 21.4 Å². The number of amides is 1. The molecule has 1 heterocycles. The fourth-order valence-corrected chi connectivity index (χ4v) is 4.27. The van der Waals surface area contributed by atoms with Crippen molar-refractivity contribution in [2.45, 2.75) is 39.5 Å². The summed E-state index contributed by atoms with van der Waals surface area (Å²) in [5.41, 5.74) is -0.266. The first-order chi connectivity index (χ1) is 18.2. The molecule has 1 unspecified atom stereocenters. The number of hydrogen-bond acceptors (Lipinski definition) is 6. The van der Waals surface area contributed by atoms with Gasteiger partial charge < -0.3 is 10.1 Å². The highest BCUT2D eigenvalue weighted by molar-refractivity contribution is 5.98. The van der Waals surface area contributed by atoms with Crippen molar-refractivity contribution < 1.29 is 23.2 Å². The summed E-state index contributed by atoms with van der Waals surface area (Å²) in [5.74, 6) is -2.16. The number of ketones is 1. The lowest BCUT2D eigenvalue weighted by Gasteiger charge is -2.34. The minimum absolute atomic E-state index is 0.00825. The molecule has 0 fully saturated rings. The van der Waals surface area contributed by atoms with Crippen molar-refractivity contribution in [2.75, 3.05) is 0 Å². The molecular weight excluding hydrogens is 489 g/mol. The third-order valence-electron chi connectivity index (χ3n) is 6.04. The normalized spacial score (nSPS) is 12.7. The molecule has 0 radical (unpaired) electrons. The van der Waals surface area contributed by atoms with E-state index < -0.39 is 28.9 Å². The molecule has 0 aliphatic heterocycles. The summed E-state index contributed by atoms with van der Waals surface area (Å²) in [6.45, 7) is 5.32. The molecule has 8 nitrogen and oxygen atoms in total. The zero-order valence-corrected chi connectivity index (χ0v) is 21.3. The molecule has 1 aromatic heterocycles. The van der Waals surface area contributed by atoms with E-state index in [0.717, 1.165) is 10.1 Å². The number of ether oxygens (including phenoxy) is 1. The molecule has 0 saturated carbocycles. The van der Waals surface area contributed by atoms with Crippen molar-refractivity contribution in [1.29, 1.82) is 0 Å². The zero-order valence-electron chi connectivity index (χ0n) is 21.3. The van der Waals surface area contributed by atoms with Crippen molar-refractivity contribution in [2.24, 2.45) is 5.92 Å². The Balaban J connectivity index is 1.70. The standard InChI is InChI=1S/C29H28FN3O5/c1-19(2)17-29(20(3)34,33-26(32-38-28(33)36)22-12-14-24(30)15-13-22)31-27(35)23-10-7-11-25(16-23)37-18-21-8-5-4-6-9-21/h4-16,19H,17-18H2,1-3H3,(H,31,35). The Labute approximate surface area is 219 Å². The Hall–Kier alpha value is -4.53. The summed E-state index contributed by atoms with van der Waals surface area (Å²) in [6, 6.07) is 21.4. The molecule has 0 aliphatic carbocycles. The first-order valence-corrected chi connectivity index (χ1v) is 12.1. The van der Waals surface area contributed by atoms with Gasteiger partial charge in [-0.3, -0.25) is 14.1 Å². The van der Waals surface area contributed by atoms with Crippen LogP contribution in [0.1, 0.15) is 43.1 Å². The quantitative estimate of drug-likeness (QED) is 0.320. The number of nitrogens with zero attached hydrogens (tertiary/aromatic N) is 2. The highest BCUT2D eigenvalue weighted by Crippen LogP contribution is 2.29. The van der Waals surface area contributed by atoms with E-state index in [1.165, 1.54) is 31.2 Å². The molecule has 9 heteroatoms. The number of aromatic nitrogens is 2. The smallest absolute Gasteiger partial charge is 0.444 e. The van der Waals surface area contributed by atoms with Crippen LogP contribution in [0.2, 0.25) is 0 Å². The average Bonchev–Trinajstić information content (AvgIpc) is 3.29. The molecule has 3 aromatic carbocycles. The minimum Gasteiger partial charge on any atom is -0.489 e. The molecule has 196 valence electrons. The number of nitrogens with one attached hydrogen (secondary N) is 1. The molecule has 4 rings (SSSR count). The van der Waals surface area contributed by atoms with Crippen LogP contribution in [0.25, 0.3) is 11.4 Å². The van der Waals surface area contributed by atoms with E-state index >= 15 is 0 Å². The maximum atomic E-state index is 13.6. The van der Waals surface area contributed by atoms with E-state index in [9.17, 15) is 18.8 Å². The summed E-state index contributed by atoms with van der Waals surface area (Å²) in [4.78, 5) is 39.7. The summed E-state index contributed by atoms with van der Waals surface area (Å²) < 4.78 is 25.4. The molecule has 4 aromatic rings. The van der Waals surface area contributed by atoms with E-state index in [2.05, 4.69) is 10.5 Å². The van der Waals surface area contributed by atoms with E-state index in [1.54, 1.807) is 24.3 Å². The van der Waals surface area contributed by atoms with Crippen LogP contribution >= 0.6 is 0 Å². The van der Waals surface area contributed by atoms with Crippen LogP contribution < -0.4 is 15.8 Å². The van der Waals surface area contributed by atoms with Gasteiger partial charge in [-0.1, -0.05) is 55.4 Å². The number of rotatable bonds is 10. The molecule has 0 aliphatic rings. The van der Waals surface area contributed by atoms with Gasteiger partial charge in [-0.05, 0) is 67.3 Å². The van der Waals surface area contributed by atoms with Gasteiger partial charge >= 0.3 is 5.76 Å². The molecule has 1 atom stereocenters. The lowest BCUT2D eigenvalue weighted by Crippen LogP contribution is -2.59. The number of halogens is 1. The van der Waals surface area contributed by atoms with Gasteiger partial charge in [0.15, 0.2) is 17.3 Å². The fraction of sp³-hybridized carbons (Fsp3) is 0.241. The Kier molecular flexibility index (Phi) is 7.85. The summed E-state index contributed by atoms with van der Waals surface area (Å²) in [6.07, 6.45) is 0.0770. The largest absolute Gasteiger partial charge is 0.489 e. The van der Waals surface area contributed by atoms with Crippen molar-refractivity contribution in [1.82, 2.24) is 15.0 Å². The molecule has 1 amide bonds. The van der Waals surface area contributed by atoms with Crippen LogP contribution in [0, 0.1) is 11.7 Å². The van der Waals surface area contributed by atoms with Gasteiger partial charge in [-0.2, -0.15) is 0 Å². The van der Waals surface area contributed by atoms with Crippen LogP contribution in [0.5, 0.6) is 5.75 Å². The topological polar surface area (TPSA) is 103 Å². The lowest BCUT2D eigenvalue weighted by molar-refractivity contribution is -0.128. The maximum Gasteiger partial charge on any atom is 0.444 e. The van der Waals surface area contributed by atoms with E-state index in [-0.39, 0.29) is 23.7 Å². The number of Topliss-reactive ketones (excluding diaryl/α,β-unsaturated/α-hetero) is 1. The van der Waals surface area contributed by atoms with Gasteiger partial charge in [0.2, 0.25) is 0 Å². The van der Waals surface area contributed by atoms with E-state index in [4.69, 9.17) is 9.26 Å². The monoisotopic (exact) mass is 517 g/mol. The number of carbonyl (C=O) groups is 2. The first-order valence-electron chi connectivity index (χ1n) is 12.1. The third-order valence-corrected chi connectivity index (χ3v) is 6.04. The van der Waals surface area contributed by atoms with Gasteiger partial charge in [0.05, 0.1) is 0 Å². The predicted molar refractivity (Wildman–Crippen MR) is 139 cm³/mol. The molecular formula is C29H28FN3O5. The lowest BCUT2D eigenvalue weighted by atomic mass is 9.92.